The topological polar surface area (TPSA) is 70.7 Å². The maximum atomic E-state index is 12.2. The molecular weight excluding hydrogens is 422 g/mol. The van der Waals surface area contributed by atoms with Crippen LogP contribution < -0.4 is 10.6 Å². The third kappa shape index (κ3) is 7.13. The number of hydrogen-bond acceptors (Lipinski definition) is 4. The third-order valence-electron chi connectivity index (χ3n) is 3.88. The van der Waals surface area contributed by atoms with Crippen molar-refractivity contribution in [1.29, 1.82) is 0 Å². The van der Waals surface area contributed by atoms with Crippen LogP contribution in [0, 0.1) is 0 Å². The van der Waals surface area contributed by atoms with Gasteiger partial charge in [-0.3, -0.25) is 9.69 Å². The molecule has 0 spiro atoms. The van der Waals surface area contributed by atoms with Crippen molar-refractivity contribution in [3.05, 3.63) is 27.7 Å². The van der Waals surface area contributed by atoms with Crippen LogP contribution in [0.2, 0.25) is 5.02 Å². The van der Waals surface area contributed by atoms with Crippen molar-refractivity contribution in [3.63, 3.8) is 0 Å². The van der Waals surface area contributed by atoms with Crippen molar-refractivity contribution in [2.24, 2.45) is 0 Å². The first-order chi connectivity index (χ1) is 12.1. The fourth-order valence-corrected chi connectivity index (χ4v) is 3.41. The number of anilines is 1. The summed E-state index contributed by atoms with van der Waals surface area (Å²) in [5.41, 5.74) is 0.0957. The van der Waals surface area contributed by atoms with Gasteiger partial charge >= 0.3 is 6.09 Å². The van der Waals surface area contributed by atoms with Crippen LogP contribution >= 0.6 is 27.5 Å². The molecule has 8 heteroatoms. The first-order valence-electron chi connectivity index (χ1n) is 8.59. The van der Waals surface area contributed by atoms with Crippen molar-refractivity contribution in [1.82, 2.24) is 10.2 Å². The van der Waals surface area contributed by atoms with Crippen LogP contribution in [0.15, 0.2) is 22.7 Å². The minimum absolute atomic E-state index is 0.0741. The zero-order valence-corrected chi connectivity index (χ0v) is 17.6. The van der Waals surface area contributed by atoms with Crippen LogP contribution in [0.1, 0.15) is 33.6 Å². The number of ether oxygens (including phenoxy) is 1. The summed E-state index contributed by atoms with van der Waals surface area (Å²) in [5.74, 6) is -0.104. The maximum absolute atomic E-state index is 12.2. The van der Waals surface area contributed by atoms with Crippen molar-refractivity contribution in [2.45, 2.75) is 45.3 Å². The van der Waals surface area contributed by atoms with E-state index in [1.54, 1.807) is 12.1 Å². The molecule has 0 bridgehead atoms. The minimum Gasteiger partial charge on any atom is -0.444 e. The number of nitrogens with one attached hydrogen (secondary N) is 2. The average molecular weight is 447 g/mol. The number of carbonyl (C=O) groups is 2. The Labute approximate surface area is 167 Å². The molecular formula is C18H25BrClN3O3. The van der Waals surface area contributed by atoms with Crippen molar-refractivity contribution in [3.8, 4) is 0 Å². The van der Waals surface area contributed by atoms with Crippen molar-refractivity contribution < 1.29 is 14.3 Å². The van der Waals surface area contributed by atoms with Crippen molar-refractivity contribution in [2.75, 3.05) is 25.0 Å². The largest absolute Gasteiger partial charge is 0.444 e. The molecule has 1 saturated heterocycles. The van der Waals surface area contributed by atoms with Crippen LogP contribution in [-0.4, -0.2) is 48.2 Å². The number of halogens is 2. The van der Waals surface area contributed by atoms with Gasteiger partial charge in [0.25, 0.3) is 0 Å². The molecule has 6 nitrogen and oxygen atoms in total. The zero-order chi connectivity index (χ0) is 19.3. The molecule has 1 aromatic rings. The molecule has 0 radical (unpaired) electrons. The highest BCUT2D eigenvalue weighted by Crippen LogP contribution is 2.25. The lowest BCUT2D eigenvalue weighted by Crippen LogP contribution is -2.47. The fourth-order valence-electron chi connectivity index (χ4n) is 2.69. The molecule has 2 rings (SSSR count). The Bertz CT molecular complexity index is 656. The lowest BCUT2D eigenvalue weighted by Gasteiger charge is -2.32. The Kier molecular flexibility index (Phi) is 7.32. The molecule has 0 atom stereocenters. The highest BCUT2D eigenvalue weighted by Gasteiger charge is 2.24. The summed E-state index contributed by atoms with van der Waals surface area (Å²) in [6.45, 7) is 7.29. The Morgan fingerprint density at radius 3 is 2.54 bits per heavy atom. The number of amides is 2. The number of hydrogen-bond donors (Lipinski definition) is 2. The van der Waals surface area contributed by atoms with Gasteiger partial charge in [0, 0.05) is 23.6 Å². The summed E-state index contributed by atoms with van der Waals surface area (Å²) in [5, 5.41) is 6.22. The highest BCUT2D eigenvalue weighted by molar-refractivity contribution is 9.10. The monoisotopic (exact) mass is 445 g/mol. The van der Waals surface area contributed by atoms with Crippen LogP contribution in [-0.2, 0) is 9.53 Å². The van der Waals surface area contributed by atoms with E-state index in [4.69, 9.17) is 16.3 Å². The van der Waals surface area contributed by atoms with E-state index in [1.807, 2.05) is 26.8 Å². The first kappa shape index (κ1) is 21.0. The van der Waals surface area contributed by atoms with E-state index in [0.29, 0.717) is 17.3 Å². The first-order valence-corrected chi connectivity index (χ1v) is 9.76. The summed E-state index contributed by atoms with van der Waals surface area (Å²) in [6.07, 6.45) is 1.18. The molecule has 1 aliphatic rings. The molecule has 1 aromatic carbocycles. The molecule has 0 saturated carbocycles. The molecule has 26 heavy (non-hydrogen) atoms. The normalized spacial score (nSPS) is 16.2. The number of carbonyl (C=O) groups excluding carboxylic acids is 2. The molecule has 1 heterocycles. The van der Waals surface area contributed by atoms with Crippen LogP contribution in [0.3, 0.4) is 0 Å². The SMILES string of the molecule is CC(C)(C)OC(=O)NC1CCN(CC(=O)Nc2ccc(Br)cc2Cl)CC1. The van der Waals surface area contributed by atoms with Gasteiger partial charge in [0.2, 0.25) is 5.91 Å². The lowest BCUT2D eigenvalue weighted by atomic mass is 10.1. The van der Waals surface area contributed by atoms with Gasteiger partial charge in [-0.2, -0.15) is 0 Å². The second-order valence-corrected chi connectivity index (χ2v) is 8.69. The van der Waals surface area contributed by atoms with E-state index < -0.39 is 11.7 Å². The van der Waals surface area contributed by atoms with E-state index in [1.165, 1.54) is 0 Å². The van der Waals surface area contributed by atoms with E-state index in [2.05, 4.69) is 31.5 Å². The van der Waals surface area contributed by atoms with Crippen LogP contribution in [0.5, 0.6) is 0 Å². The van der Waals surface area contributed by atoms with E-state index in [0.717, 1.165) is 30.4 Å². The average Bonchev–Trinajstić information content (AvgIpc) is 2.50. The second kappa shape index (κ2) is 9.06. The Balaban J connectivity index is 1.74. The number of alkyl carbamates (subject to hydrolysis) is 1. The van der Waals surface area contributed by atoms with Gasteiger partial charge in [0.05, 0.1) is 17.3 Å². The molecule has 0 aliphatic carbocycles. The molecule has 1 fully saturated rings. The van der Waals surface area contributed by atoms with E-state index in [-0.39, 0.29) is 11.9 Å². The smallest absolute Gasteiger partial charge is 0.407 e. The van der Waals surface area contributed by atoms with Gasteiger partial charge in [-0.05, 0) is 51.8 Å². The van der Waals surface area contributed by atoms with Gasteiger partial charge in [-0.1, -0.05) is 27.5 Å². The lowest BCUT2D eigenvalue weighted by molar-refractivity contribution is -0.117. The number of rotatable bonds is 4. The van der Waals surface area contributed by atoms with Crippen molar-refractivity contribution >= 4 is 45.2 Å². The summed E-state index contributed by atoms with van der Waals surface area (Å²) >= 11 is 9.46. The summed E-state index contributed by atoms with van der Waals surface area (Å²) in [7, 11) is 0. The predicted molar refractivity (Wildman–Crippen MR) is 107 cm³/mol. The Hall–Kier alpha value is -1.31. The Morgan fingerprint density at radius 1 is 1.31 bits per heavy atom. The Morgan fingerprint density at radius 2 is 1.96 bits per heavy atom. The van der Waals surface area contributed by atoms with Crippen LogP contribution in [0.25, 0.3) is 0 Å². The summed E-state index contributed by atoms with van der Waals surface area (Å²) < 4.78 is 6.14. The third-order valence-corrected chi connectivity index (χ3v) is 4.69. The molecule has 2 N–H and O–H groups in total. The van der Waals surface area contributed by atoms with Gasteiger partial charge in [-0.25, -0.2) is 4.79 Å². The minimum atomic E-state index is -0.503. The molecule has 0 unspecified atom stereocenters. The number of benzene rings is 1. The molecule has 144 valence electrons. The van der Waals surface area contributed by atoms with Crippen LogP contribution in [0.4, 0.5) is 10.5 Å². The van der Waals surface area contributed by atoms with E-state index >= 15 is 0 Å². The van der Waals surface area contributed by atoms with E-state index in [9.17, 15) is 9.59 Å². The fraction of sp³-hybridized carbons (Fsp3) is 0.556. The molecule has 2 amide bonds. The quantitative estimate of drug-likeness (QED) is 0.732. The van der Waals surface area contributed by atoms with Gasteiger partial charge < -0.3 is 15.4 Å². The van der Waals surface area contributed by atoms with Gasteiger partial charge in [-0.15, -0.1) is 0 Å². The molecule has 1 aliphatic heterocycles. The maximum Gasteiger partial charge on any atom is 0.407 e. The summed E-state index contributed by atoms with van der Waals surface area (Å²) in [6, 6.07) is 5.41. The highest BCUT2D eigenvalue weighted by atomic mass is 79.9. The standard InChI is InChI=1S/C18H25BrClN3O3/c1-18(2,3)26-17(25)21-13-6-8-23(9-7-13)11-16(24)22-15-5-4-12(19)10-14(15)20/h4-5,10,13H,6-9,11H2,1-3H3,(H,21,25)(H,22,24). The number of likely N-dealkylation sites (tertiary alicyclic amines) is 1. The number of nitrogens with zero attached hydrogens (tertiary/aromatic N) is 1. The predicted octanol–water partition coefficient (Wildman–Crippen LogP) is 4.03. The van der Waals surface area contributed by atoms with Gasteiger partial charge in [0.15, 0.2) is 0 Å². The summed E-state index contributed by atoms with van der Waals surface area (Å²) in [4.78, 5) is 26.1. The second-order valence-electron chi connectivity index (χ2n) is 7.37. The van der Waals surface area contributed by atoms with Gasteiger partial charge in [0.1, 0.15) is 5.60 Å². The number of piperidine rings is 1. The molecule has 0 aromatic heterocycles. The zero-order valence-electron chi connectivity index (χ0n) is 15.3.